The van der Waals surface area contributed by atoms with Crippen LogP contribution in [0.1, 0.15) is 15.9 Å². The van der Waals surface area contributed by atoms with Gasteiger partial charge in [-0.2, -0.15) is 5.10 Å². The van der Waals surface area contributed by atoms with Crippen LogP contribution in [0.4, 0.5) is 5.69 Å². The minimum atomic E-state index is -0.607. The monoisotopic (exact) mass is 360 g/mol. The molecule has 0 atom stereocenters. The van der Waals surface area contributed by atoms with E-state index in [1.165, 1.54) is 0 Å². The maximum absolute atomic E-state index is 12.1. The lowest BCUT2D eigenvalue weighted by Gasteiger charge is -2.08. The molecule has 0 spiro atoms. The zero-order chi connectivity index (χ0) is 19.2. The largest absolute Gasteiger partial charge is 0.872 e. The van der Waals surface area contributed by atoms with Gasteiger partial charge >= 0.3 is 0 Å². The van der Waals surface area contributed by atoms with Crippen molar-refractivity contribution >= 4 is 17.8 Å². The number of nitrogens with zero attached hydrogens (tertiary/aromatic N) is 2. The number of hydrogen-bond donors (Lipinski definition) is 1. The van der Waals surface area contributed by atoms with Crippen LogP contribution < -0.4 is 10.5 Å². The number of non-ortho nitro benzene ring substituents is 1. The Hall–Kier alpha value is -4.00. The zero-order valence-corrected chi connectivity index (χ0v) is 14.0. The molecule has 0 aliphatic rings. The number of carbonyl (C=O) groups excluding carboxylic acids is 1. The lowest BCUT2D eigenvalue weighted by atomic mass is 10.0. The number of nitro benzene ring substituents is 1. The predicted octanol–water partition coefficient (Wildman–Crippen LogP) is 3.10. The number of hydrogen-bond acceptors (Lipinski definition) is 5. The normalized spacial score (nSPS) is 10.7. The Morgan fingerprint density at radius 3 is 2.30 bits per heavy atom. The summed E-state index contributed by atoms with van der Waals surface area (Å²) in [5, 5.41) is 26.1. The minimum absolute atomic E-state index is 0.0175. The van der Waals surface area contributed by atoms with Gasteiger partial charge in [-0.1, -0.05) is 54.3 Å². The number of hydrazone groups is 1. The fourth-order valence-electron chi connectivity index (χ4n) is 2.42. The summed E-state index contributed by atoms with van der Waals surface area (Å²) in [6, 6.07) is 20.0. The number of benzene rings is 3. The Morgan fingerprint density at radius 2 is 1.63 bits per heavy atom. The van der Waals surface area contributed by atoms with Gasteiger partial charge in [0.25, 0.3) is 11.6 Å². The maximum atomic E-state index is 12.1. The zero-order valence-electron chi connectivity index (χ0n) is 14.0. The van der Waals surface area contributed by atoms with Crippen LogP contribution in [0.2, 0.25) is 0 Å². The molecule has 1 N–H and O–H groups in total. The molecular weight excluding hydrogens is 346 g/mol. The first-order chi connectivity index (χ1) is 13.0. The van der Waals surface area contributed by atoms with Crippen LogP contribution in [0, 0.1) is 10.1 Å². The molecule has 0 saturated heterocycles. The van der Waals surface area contributed by atoms with Crippen molar-refractivity contribution < 1.29 is 14.8 Å². The summed E-state index contributed by atoms with van der Waals surface area (Å²) >= 11 is 0. The molecule has 0 saturated carbocycles. The van der Waals surface area contributed by atoms with Crippen LogP contribution in [-0.2, 0) is 0 Å². The summed E-state index contributed by atoms with van der Waals surface area (Å²) < 4.78 is 0. The van der Waals surface area contributed by atoms with E-state index in [0.717, 1.165) is 35.5 Å². The Balaban J connectivity index is 1.68. The van der Waals surface area contributed by atoms with Crippen molar-refractivity contribution in [3.05, 3.63) is 94.0 Å². The third-order valence-electron chi connectivity index (χ3n) is 3.83. The van der Waals surface area contributed by atoms with E-state index in [2.05, 4.69) is 10.5 Å². The predicted molar refractivity (Wildman–Crippen MR) is 99.5 cm³/mol. The molecule has 3 rings (SSSR count). The van der Waals surface area contributed by atoms with Gasteiger partial charge in [-0.25, -0.2) is 5.43 Å². The molecule has 0 unspecified atom stereocenters. The fraction of sp³-hybridized carbons (Fsp3) is 0. The third kappa shape index (κ3) is 4.35. The van der Waals surface area contributed by atoms with Gasteiger partial charge in [0.15, 0.2) is 0 Å². The van der Waals surface area contributed by atoms with Crippen LogP contribution in [0.3, 0.4) is 0 Å². The number of nitro groups is 1. The van der Waals surface area contributed by atoms with Gasteiger partial charge in [0, 0.05) is 17.7 Å². The van der Waals surface area contributed by atoms with E-state index in [9.17, 15) is 20.0 Å². The molecule has 0 bridgehead atoms. The molecule has 3 aromatic carbocycles. The highest BCUT2D eigenvalue weighted by Gasteiger charge is 2.07. The Kier molecular flexibility index (Phi) is 5.22. The molecule has 0 fully saturated rings. The highest BCUT2D eigenvalue weighted by molar-refractivity contribution is 5.95. The quantitative estimate of drug-likeness (QED) is 0.428. The van der Waals surface area contributed by atoms with Gasteiger partial charge in [-0.3, -0.25) is 14.9 Å². The van der Waals surface area contributed by atoms with Crippen molar-refractivity contribution in [3.63, 3.8) is 0 Å². The smallest absolute Gasteiger partial charge is 0.271 e. The second-order valence-corrected chi connectivity index (χ2v) is 5.62. The van der Waals surface area contributed by atoms with Gasteiger partial charge in [-0.15, -0.1) is 0 Å². The van der Waals surface area contributed by atoms with Crippen molar-refractivity contribution in [1.82, 2.24) is 5.43 Å². The molecule has 0 aliphatic heterocycles. The number of carbonyl (C=O) groups is 1. The van der Waals surface area contributed by atoms with Gasteiger partial charge in [0.05, 0.1) is 11.1 Å². The van der Waals surface area contributed by atoms with Gasteiger partial charge in [0.2, 0.25) is 0 Å². The lowest BCUT2D eigenvalue weighted by Crippen LogP contribution is -2.17. The Bertz CT molecular complexity index is 999. The van der Waals surface area contributed by atoms with E-state index in [4.69, 9.17) is 0 Å². The lowest BCUT2D eigenvalue weighted by molar-refractivity contribution is -0.385. The highest BCUT2D eigenvalue weighted by Crippen LogP contribution is 2.20. The van der Waals surface area contributed by atoms with Crippen molar-refractivity contribution in [2.24, 2.45) is 5.10 Å². The Morgan fingerprint density at radius 1 is 0.963 bits per heavy atom. The first-order valence-electron chi connectivity index (χ1n) is 7.99. The minimum Gasteiger partial charge on any atom is -0.872 e. The molecule has 0 heterocycles. The van der Waals surface area contributed by atoms with Crippen LogP contribution in [-0.4, -0.2) is 17.0 Å². The highest BCUT2D eigenvalue weighted by atomic mass is 16.6. The summed E-state index contributed by atoms with van der Waals surface area (Å²) in [5.41, 5.74) is 4.51. The van der Waals surface area contributed by atoms with Crippen molar-refractivity contribution in [2.45, 2.75) is 0 Å². The maximum Gasteiger partial charge on any atom is 0.271 e. The van der Waals surface area contributed by atoms with Crippen molar-refractivity contribution in [2.75, 3.05) is 0 Å². The van der Waals surface area contributed by atoms with E-state index in [1.54, 1.807) is 12.1 Å². The van der Waals surface area contributed by atoms with Gasteiger partial charge < -0.3 is 5.11 Å². The van der Waals surface area contributed by atoms with E-state index < -0.39 is 16.6 Å². The first-order valence-corrected chi connectivity index (χ1v) is 7.99. The number of rotatable bonds is 5. The van der Waals surface area contributed by atoms with Crippen LogP contribution in [0.25, 0.3) is 11.1 Å². The summed E-state index contributed by atoms with van der Waals surface area (Å²) in [5.74, 6) is -0.880. The second-order valence-electron chi connectivity index (χ2n) is 5.62. The summed E-state index contributed by atoms with van der Waals surface area (Å²) in [6.07, 6.45) is 1.09. The Labute approximate surface area is 154 Å². The summed E-state index contributed by atoms with van der Waals surface area (Å²) in [4.78, 5) is 22.3. The number of nitrogens with one attached hydrogen (secondary N) is 1. The molecule has 134 valence electrons. The van der Waals surface area contributed by atoms with Gasteiger partial charge in [0.1, 0.15) is 0 Å². The van der Waals surface area contributed by atoms with Crippen LogP contribution >= 0.6 is 0 Å². The molecule has 27 heavy (non-hydrogen) atoms. The van der Waals surface area contributed by atoms with E-state index in [1.807, 2.05) is 42.5 Å². The fourth-order valence-corrected chi connectivity index (χ4v) is 2.42. The van der Waals surface area contributed by atoms with Crippen molar-refractivity contribution in [1.29, 1.82) is 0 Å². The molecular formula is C20H14N3O4-. The molecule has 7 heteroatoms. The third-order valence-corrected chi connectivity index (χ3v) is 3.83. The average molecular weight is 360 g/mol. The van der Waals surface area contributed by atoms with E-state index in [0.29, 0.717) is 5.56 Å². The summed E-state index contributed by atoms with van der Waals surface area (Å²) in [7, 11) is 0. The molecule has 1 amide bonds. The molecule has 0 aromatic heterocycles. The topological polar surface area (TPSA) is 108 Å². The van der Waals surface area contributed by atoms with Crippen LogP contribution in [0.15, 0.2) is 77.9 Å². The van der Waals surface area contributed by atoms with E-state index >= 15 is 0 Å². The molecule has 0 radical (unpaired) electrons. The average Bonchev–Trinajstić information content (AvgIpc) is 2.70. The SMILES string of the molecule is O=C(N/N=C\c1cc([N+](=O)[O-])ccc1[O-])c1ccc(-c2ccccc2)cc1. The standard InChI is InChI=1S/C20H15N3O4/c24-19-11-10-18(23(26)27)12-17(19)13-21-22-20(25)16-8-6-15(7-9-16)14-4-2-1-3-5-14/h1-13,24H,(H,22,25)/p-1/b21-13-. The molecule has 7 nitrogen and oxygen atoms in total. The van der Waals surface area contributed by atoms with E-state index in [-0.39, 0.29) is 11.3 Å². The molecule has 3 aromatic rings. The second kappa shape index (κ2) is 7.92. The van der Waals surface area contributed by atoms with Crippen LogP contribution in [0.5, 0.6) is 5.75 Å². The number of amides is 1. The summed E-state index contributed by atoms with van der Waals surface area (Å²) in [6.45, 7) is 0. The first kappa shape index (κ1) is 17.8. The molecule has 0 aliphatic carbocycles. The van der Waals surface area contributed by atoms with Gasteiger partial charge in [-0.05, 0) is 28.8 Å². The van der Waals surface area contributed by atoms with Crippen molar-refractivity contribution in [3.8, 4) is 16.9 Å².